The molecule has 1 heterocycles. The third kappa shape index (κ3) is 1.07. The van der Waals surface area contributed by atoms with Crippen molar-refractivity contribution < 1.29 is 0 Å². The van der Waals surface area contributed by atoms with Gasteiger partial charge in [0.15, 0.2) is 0 Å². The zero-order valence-corrected chi connectivity index (χ0v) is 9.94. The molecule has 2 aromatic rings. The number of hydrogen-bond acceptors (Lipinski definition) is 2. The van der Waals surface area contributed by atoms with Gasteiger partial charge < -0.3 is 9.80 Å². The van der Waals surface area contributed by atoms with E-state index in [-0.39, 0.29) is 0 Å². The first-order valence-electron chi connectivity index (χ1n) is 5.67. The summed E-state index contributed by atoms with van der Waals surface area (Å²) >= 11 is 0. The molecule has 2 heteroatoms. The standard InChI is InChI=1S/C14H16N2/c1-10-15(2)12-8-4-6-11-7-5-9-13(14(11)12)16(10)3/h4-10H,1-3H3. The smallest absolute Gasteiger partial charge is 0.0981 e. The van der Waals surface area contributed by atoms with Crippen molar-refractivity contribution in [3.63, 3.8) is 0 Å². The van der Waals surface area contributed by atoms with E-state index in [1.807, 2.05) is 0 Å². The summed E-state index contributed by atoms with van der Waals surface area (Å²) in [7, 11) is 4.32. The van der Waals surface area contributed by atoms with Gasteiger partial charge in [0.25, 0.3) is 0 Å². The molecule has 0 fully saturated rings. The Morgan fingerprint density at radius 2 is 1.38 bits per heavy atom. The first-order valence-corrected chi connectivity index (χ1v) is 5.67. The van der Waals surface area contributed by atoms with Crippen molar-refractivity contribution in [2.24, 2.45) is 0 Å². The molecule has 0 saturated carbocycles. The van der Waals surface area contributed by atoms with Crippen LogP contribution in [0.15, 0.2) is 36.4 Å². The Balaban J connectivity index is 2.43. The van der Waals surface area contributed by atoms with Gasteiger partial charge in [-0.2, -0.15) is 0 Å². The lowest BCUT2D eigenvalue weighted by Gasteiger charge is -2.41. The molecular weight excluding hydrogens is 196 g/mol. The third-order valence-electron chi connectivity index (χ3n) is 3.74. The van der Waals surface area contributed by atoms with E-state index in [0.29, 0.717) is 6.17 Å². The van der Waals surface area contributed by atoms with E-state index in [9.17, 15) is 0 Å². The van der Waals surface area contributed by atoms with Crippen molar-refractivity contribution >= 4 is 22.1 Å². The van der Waals surface area contributed by atoms with Crippen LogP contribution >= 0.6 is 0 Å². The molecule has 0 spiro atoms. The second kappa shape index (κ2) is 3.14. The monoisotopic (exact) mass is 212 g/mol. The maximum absolute atomic E-state index is 2.33. The lowest BCUT2D eigenvalue weighted by molar-refractivity contribution is 0.664. The van der Waals surface area contributed by atoms with Crippen LogP contribution in [0.4, 0.5) is 11.4 Å². The lowest BCUT2D eigenvalue weighted by atomic mass is 10.0. The van der Waals surface area contributed by atoms with Gasteiger partial charge in [-0.1, -0.05) is 24.3 Å². The fraction of sp³-hybridized carbons (Fsp3) is 0.286. The summed E-state index contributed by atoms with van der Waals surface area (Å²) in [5, 5.41) is 2.69. The first-order chi connectivity index (χ1) is 7.70. The summed E-state index contributed by atoms with van der Waals surface area (Å²) in [6.07, 6.45) is 0.403. The molecule has 2 aromatic carbocycles. The van der Waals surface area contributed by atoms with Crippen molar-refractivity contribution in [1.29, 1.82) is 0 Å². The van der Waals surface area contributed by atoms with Crippen LogP contribution in [-0.2, 0) is 0 Å². The van der Waals surface area contributed by atoms with Crippen molar-refractivity contribution in [2.45, 2.75) is 13.1 Å². The molecule has 16 heavy (non-hydrogen) atoms. The molecule has 3 rings (SSSR count). The number of rotatable bonds is 0. The molecule has 0 amide bonds. The normalized spacial score (nSPS) is 15.9. The van der Waals surface area contributed by atoms with Crippen molar-refractivity contribution in [1.82, 2.24) is 0 Å². The fourth-order valence-electron chi connectivity index (χ4n) is 2.55. The number of hydrogen-bond donors (Lipinski definition) is 0. The van der Waals surface area contributed by atoms with E-state index >= 15 is 0 Å². The molecule has 0 bridgehead atoms. The van der Waals surface area contributed by atoms with Crippen LogP contribution < -0.4 is 9.80 Å². The summed E-state index contributed by atoms with van der Waals surface area (Å²) in [6, 6.07) is 13.0. The Hall–Kier alpha value is -1.70. The van der Waals surface area contributed by atoms with Gasteiger partial charge in [-0.05, 0) is 24.4 Å². The van der Waals surface area contributed by atoms with Crippen molar-refractivity contribution in [3.8, 4) is 0 Å². The Morgan fingerprint density at radius 1 is 0.875 bits per heavy atom. The second-order valence-corrected chi connectivity index (χ2v) is 4.51. The highest BCUT2D eigenvalue weighted by Gasteiger charge is 2.24. The highest BCUT2D eigenvalue weighted by Crippen LogP contribution is 2.39. The molecular formula is C14H16N2. The van der Waals surface area contributed by atoms with Crippen molar-refractivity contribution in [3.05, 3.63) is 36.4 Å². The van der Waals surface area contributed by atoms with Crippen LogP contribution in [0.25, 0.3) is 10.8 Å². The summed E-state index contributed by atoms with van der Waals surface area (Å²) in [6.45, 7) is 2.23. The Labute approximate surface area is 96.1 Å². The minimum Gasteiger partial charge on any atom is -0.354 e. The van der Waals surface area contributed by atoms with E-state index in [2.05, 4.69) is 67.2 Å². The minimum atomic E-state index is 0.403. The van der Waals surface area contributed by atoms with Crippen LogP contribution in [0, 0.1) is 0 Å². The van der Waals surface area contributed by atoms with E-state index in [0.717, 1.165) is 0 Å². The van der Waals surface area contributed by atoms with Crippen LogP contribution in [0.2, 0.25) is 0 Å². The maximum atomic E-state index is 2.33. The van der Waals surface area contributed by atoms with E-state index in [1.165, 1.54) is 22.1 Å². The largest absolute Gasteiger partial charge is 0.354 e. The molecule has 0 N–H and O–H groups in total. The topological polar surface area (TPSA) is 6.48 Å². The number of benzene rings is 2. The number of nitrogens with zero attached hydrogens (tertiary/aromatic N) is 2. The van der Waals surface area contributed by atoms with Crippen LogP contribution in [0.5, 0.6) is 0 Å². The van der Waals surface area contributed by atoms with Gasteiger partial charge in [0, 0.05) is 30.9 Å². The third-order valence-corrected chi connectivity index (χ3v) is 3.74. The second-order valence-electron chi connectivity index (χ2n) is 4.51. The minimum absolute atomic E-state index is 0.403. The summed E-state index contributed by atoms with van der Waals surface area (Å²) < 4.78 is 0. The highest BCUT2D eigenvalue weighted by molar-refractivity contribution is 6.05. The number of anilines is 2. The SMILES string of the molecule is CC1N(C)c2cccc3cccc(c23)N1C. The van der Waals surface area contributed by atoms with Gasteiger partial charge in [-0.3, -0.25) is 0 Å². The average Bonchev–Trinajstić information content (AvgIpc) is 2.33. The molecule has 0 aromatic heterocycles. The van der Waals surface area contributed by atoms with Gasteiger partial charge >= 0.3 is 0 Å². The highest BCUT2D eigenvalue weighted by atomic mass is 15.3. The van der Waals surface area contributed by atoms with Gasteiger partial charge in [0.2, 0.25) is 0 Å². The van der Waals surface area contributed by atoms with E-state index in [1.54, 1.807) is 0 Å². The molecule has 0 atom stereocenters. The van der Waals surface area contributed by atoms with Gasteiger partial charge in [0.05, 0.1) is 6.17 Å². The van der Waals surface area contributed by atoms with Crippen LogP contribution in [-0.4, -0.2) is 20.3 Å². The van der Waals surface area contributed by atoms with Crippen molar-refractivity contribution in [2.75, 3.05) is 23.9 Å². The fourth-order valence-corrected chi connectivity index (χ4v) is 2.55. The zero-order valence-electron chi connectivity index (χ0n) is 9.94. The summed E-state index contributed by atoms with van der Waals surface area (Å²) in [4.78, 5) is 4.66. The molecule has 0 unspecified atom stereocenters. The zero-order chi connectivity index (χ0) is 11.3. The van der Waals surface area contributed by atoms with E-state index < -0.39 is 0 Å². The molecule has 0 radical (unpaired) electrons. The maximum Gasteiger partial charge on any atom is 0.0981 e. The van der Waals surface area contributed by atoms with Crippen LogP contribution in [0.3, 0.4) is 0 Å². The summed E-state index contributed by atoms with van der Waals surface area (Å²) in [5.41, 5.74) is 2.66. The molecule has 0 saturated heterocycles. The molecule has 2 nitrogen and oxygen atoms in total. The summed E-state index contributed by atoms with van der Waals surface area (Å²) in [5.74, 6) is 0. The van der Waals surface area contributed by atoms with Gasteiger partial charge in [0.1, 0.15) is 0 Å². The quantitative estimate of drug-likeness (QED) is 0.662. The Bertz CT molecular complexity index is 503. The first kappa shape index (κ1) is 9.52. The Kier molecular flexibility index (Phi) is 1.87. The van der Waals surface area contributed by atoms with Crippen LogP contribution in [0.1, 0.15) is 6.92 Å². The Morgan fingerprint density at radius 3 is 1.88 bits per heavy atom. The molecule has 82 valence electrons. The molecule has 0 aliphatic carbocycles. The predicted octanol–water partition coefficient (Wildman–Crippen LogP) is 3.07. The predicted molar refractivity (Wildman–Crippen MR) is 70.2 cm³/mol. The van der Waals surface area contributed by atoms with Gasteiger partial charge in [-0.25, -0.2) is 0 Å². The average molecular weight is 212 g/mol. The molecule has 1 aliphatic rings. The van der Waals surface area contributed by atoms with Gasteiger partial charge in [-0.15, -0.1) is 0 Å². The van der Waals surface area contributed by atoms with E-state index in [4.69, 9.17) is 0 Å². The lowest BCUT2D eigenvalue weighted by Crippen LogP contribution is -2.45. The molecule has 1 aliphatic heterocycles.